The van der Waals surface area contributed by atoms with Gasteiger partial charge in [-0.1, -0.05) is 6.07 Å². The molecule has 0 saturated carbocycles. The van der Waals surface area contributed by atoms with Gasteiger partial charge in [0.05, 0.1) is 0 Å². The van der Waals surface area contributed by atoms with Crippen LogP contribution < -0.4 is 4.40 Å². The Labute approximate surface area is 179 Å². The molecule has 0 aliphatic carbocycles. The Morgan fingerprint density at radius 1 is 0.900 bits per heavy atom. The summed E-state index contributed by atoms with van der Waals surface area (Å²) in [4.78, 5) is 9.60. The maximum absolute atomic E-state index is 6.05. The summed E-state index contributed by atoms with van der Waals surface area (Å²) in [5.41, 5.74) is 6.09. The van der Waals surface area contributed by atoms with Gasteiger partial charge in [-0.3, -0.25) is 0 Å². The normalized spacial score (nSPS) is 12.5. The fourth-order valence-electron chi connectivity index (χ4n) is 4.20. The van der Waals surface area contributed by atoms with E-state index in [1.54, 1.807) is 0 Å². The summed E-state index contributed by atoms with van der Waals surface area (Å²) in [5.74, 6) is 7.79. The van der Waals surface area contributed by atoms with E-state index in [1.165, 1.54) is 9.96 Å². The van der Waals surface area contributed by atoms with Crippen LogP contribution in [0.25, 0.3) is 44.2 Å². The molecule has 0 saturated heterocycles. The number of benzene rings is 2. The second kappa shape index (κ2) is 6.95. The topological polar surface area (TPSA) is 38.9 Å². The first kappa shape index (κ1) is 19.3. The molecule has 2 aromatic carbocycles. The molecule has 3 heterocycles. The van der Waals surface area contributed by atoms with Crippen molar-refractivity contribution in [3.63, 3.8) is 0 Å². The molecule has 0 radical (unpaired) electrons. The van der Waals surface area contributed by atoms with Crippen molar-refractivity contribution in [1.82, 2.24) is 9.97 Å². The van der Waals surface area contributed by atoms with Gasteiger partial charge in [0.2, 0.25) is 0 Å². The molecular formula is C26H26GeN2O. The van der Waals surface area contributed by atoms with Gasteiger partial charge in [-0.15, -0.1) is 0 Å². The first-order valence-electron chi connectivity index (χ1n) is 10.5. The summed E-state index contributed by atoms with van der Waals surface area (Å²) >= 11 is -1.98. The van der Waals surface area contributed by atoms with Crippen LogP contribution in [0.2, 0.25) is 17.3 Å². The van der Waals surface area contributed by atoms with Gasteiger partial charge in [0.25, 0.3) is 0 Å². The van der Waals surface area contributed by atoms with Crippen molar-refractivity contribution in [2.24, 2.45) is 0 Å². The number of hydrogen-bond donors (Lipinski definition) is 0. The van der Waals surface area contributed by atoms with E-state index < -0.39 is 13.3 Å². The van der Waals surface area contributed by atoms with Crippen LogP contribution >= 0.6 is 0 Å². The van der Waals surface area contributed by atoms with Gasteiger partial charge in [-0.2, -0.15) is 0 Å². The molecule has 4 heteroatoms. The zero-order valence-corrected chi connectivity index (χ0v) is 20.3. The van der Waals surface area contributed by atoms with Gasteiger partial charge in [0.15, 0.2) is 0 Å². The molecule has 0 aliphatic heterocycles. The Bertz CT molecular complexity index is 1410. The first-order valence-corrected chi connectivity index (χ1v) is 17.9. The second-order valence-electron chi connectivity index (χ2n) is 9.41. The van der Waals surface area contributed by atoms with Crippen LogP contribution in [-0.2, 0) is 0 Å². The standard InChI is InChI=1S/C26H26GeN2O/c1-16(2)19-14-24(28-15-22(19)27(3,4)5)18-10-11-25-20(12-18)21-13-17-8-6-7-9-23(17)29-26(21)30-25/h6-16H,1-5H3. The SMILES string of the molecule is CC(C)c1cc(-c2ccc3oc4nc5ccccc5cc4c3c2)nc[c]1[Ge]([CH3])([CH3])[CH3]. The van der Waals surface area contributed by atoms with Crippen LogP contribution in [0.4, 0.5) is 0 Å². The van der Waals surface area contributed by atoms with Crippen molar-refractivity contribution in [2.75, 3.05) is 0 Å². The maximum atomic E-state index is 6.05. The molecule has 0 amide bonds. The van der Waals surface area contributed by atoms with E-state index >= 15 is 0 Å². The number of hydrogen-bond acceptors (Lipinski definition) is 3. The van der Waals surface area contributed by atoms with Crippen LogP contribution in [0.15, 0.2) is 65.2 Å². The van der Waals surface area contributed by atoms with Crippen molar-refractivity contribution in [3.8, 4) is 11.3 Å². The van der Waals surface area contributed by atoms with Crippen LogP contribution in [0, 0.1) is 0 Å². The number of rotatable bonds is 3. The summed E-state index contributed by atoms with van der Waals surface area (Å²) in [6.45, 7) is 4.56. The third kappa shape index (κ3) is 3.22. The molecule has 0 aliphatic rings. The fraction of sp³-hybridized carbons (Fsp3) is 0.231. The van der Waals surface area contributed by atoms with Crippen LogP contribution in [-0.4, -0.2) is 23.2 Å². The Balaban J connectivity index is 1.70. The van der Waals surface area contributed by atoms with Crippen LogP contribution in [0.1, 0.15) is 25.3 Å². The molecule has 0 atom stereocenters. The quantitative estimate of drug-likeness (QED) is 0.279. The Kier molecular flexibility index (Phi) is 4.47. The molecule has 3 aromatic heterocycles. The number of para-hydroxylation sites is 1. The Morgan fingerprint density at radius 3 is 2.47 bits per heavy atom. The molecule has 0 fully saturated rings. The minimum absolute atomic E-state index is 0.487. The predicted octanol–water partition coefficient (Wildman–Crippen LogP) is 6.86. The third-order valence-corrected chi connectivity index (χ3v) is 10.1. The first-order chi connectivity index (χ1) is 14.3. The van der Waals surface area contributed by atoms with Gasteiger partial charge >= 0.3 is 174 Å². The number of furan rings is 1. The van der Waals surface area contributed by atoms with E-state index in [-0.39, 0.29) is 0 Å². The molecule has 150 valence electrons. The average molecular weight is 455 g/mol. The molecule has 3 nitrogen and oxygen atoms in total. The molecule has 0 spiro atoms. The molecule has 30 heavy (non-hydrogen) atoms. The van der Waals surface area contributed by atoms with E-state index in [2.05, 4.69) is 67.6 Å². The van der Waals surface area contributed by atoms with Gasteiger partial charge < -0.3 is 0 Å². The summed E-state index contributed by atoms with van der Waals surface area (Å²) < 4.78 is 7.55. The Morgan fingerprint density at radius 2 is 1.70 bits per heavy atom. The predicted molar refractivity (Wildman–Crippen MR) is 129 cm³/mol. The number of pyridine rings is 2. The number of aromatic nitrogens is 2. The van der Waals surface area contributed by atoms with Crippen molar-refractivity contribution in [2.45, 2.75) is 37.0 Å². The number of fused-ring (bicyclic) bond motifs is 4. The monoisotopic (exact) mass is 456 g/mol. The average Bonchev–Trinajstić information content (AvgIpc) is 3.07. The van der Waals surface area contributed by atoms with E-state index in [4.69, 9.17) is 14.4 Å². The van der Waals surface area contributed by atoms with Gasteiger partial charge in [0, 0.05) is 0 Å². The summed E-state index contributed by atoms with van der Waals surface area (Å²) in [6.07, 6.45) is 2.14. The number of nitrogens with zero attached hydrogens (tertiary/aromatic N) is 2. The van der Waals surface area contributed by atoms with E-state index in [0.717, 1.165) is 38.5 Å². The van der Waals surface area contributed by atoms with E-state index in [9.17, 15) is 0 Å². The molecule has 0 bridgehead atoms. The summed E-state index contributed by atoms with van der Waals surface area (Å²) in [6, 6.07) is 19.0. The van der Waals surface area contributed by atoms with Crippen LogP contribution in [0.3, 0.4) is 0 Å². The van der Waals surface area contributed by atoms with E-state index in [0.29, 0.717) is 11.6 Å². The van der Waals surface area contributed by atoms with Gasteiger partial charge in [0.1, 0.15) is 0 Å². The fourth-order valence-corrected chi connectivity index (χ4v) is 7.72. The third-order valence-electron chi connectivity index (χ3n) is 5.83. The minimum atomic E-state index is -1.98. The second-order valence-corrected chi connectivity index (χ2v) is 20.0. The van der Waals surface area contributed by atoms with Crippen molar-refractivity contribution >= 4 is 50.6 Å². The zero-order chi connectivity index (χ0) is 21.0. The summed E-state index contributed by atoms with van der Waals surface area (Å²) in [7, 11) is 0. The van der Waals surface area contributed by atoms with E-state index in [1.807, 2.05) is 24.3 Å². The summed E-state index contributed by atoms with van der Waals surface area (Å²) in [5, 5.41) is 3.27. The van der Waals surface area contributed by atoms with Crippen molar-refractivity contribution in [1.29, 1.82) is 0 Å². The molecule has 0 unspecified atom stereocenters. The zero-order valence-electron chi connectivity index (χ0n) is 18.2. The molecular weight excluding hydrogens is 429 g/mol. The van der Waals surface area contributed by atoms with Crippen LogP contribution in [0.5, 0.6) is 0 Å². The Hall–Kier alpha value is -2.66. The van der Waals surface area contributed by atoms with Gasteiger partial charge in [-0.05, 0) is 0 Å². The molecule has 5 rings (SSSR count). The molecule has 5 aromatic rings. The van der Waals surface area contributed by atoms with Gasteiger partial charge in [-0.25, -0.2) is 0 Å². The van der Waals surface area contributed by atoms with Crippen molar-refractivity contribution in [3.05, 3.63) is 66.4 Å². The molecule has 0 N–H and O–H groups in total. The van der Waals surface area contributed by atoms with Crippen molar-refractivity contribution < 1.29 is 4.42 Å².